The molecular formula is C13H14O4. The monoisotopic (exact) mass is 234 g/mol. The fourth-order valence-corrected chi connectivity index (χ4v) is 1.28. The first-order valence-corrected chi connectivity index (χ1v) is 5.24. The smallest absolute Gasteiger partial charge is 0.341 e. The average molecular weight is 234 g/mol. The lowest BCUT2D eigenvalue weighted by atomic mass is 10.1. The number of ketones is 1. The van der Waals surface area contributed by atoms with E-state index >= 15 is 0 Å². The second-order valence-corrected chi connectivity index (χ2v) is 3.39. The van der Waals surface area contributed by atoms with Crippen molar-refractivity contribution in [3.63, 3.8) is 0 Å². The molecule has 1 aromatic carbocycles. The summed E-state index contributed by atoms with van der Waals surface area (Å²) in [5.74, 6) is -1.06. The molecule has 0 fully saturated rings. The van der Waals surface area contributed by atoms with Gasteiger partial charge in [0.2, 0.25) is 0 Å². The zero-order valence-electron chi connectivity index (χ0n) is 9.77. The molecule has 4 nitrogen and oxygen atoms in total. The third-order valence-corrected chi connectivity index (χ3v) is 2.11. The Balaban J connectivity index is 3.11. The van der Waals surface area contributed by atoms with Crippen molar-refractivity contribution in [3.05, 3.63) is 35.4 Å². The van der Waals surface area contributed by atoms with Crippen molar-refractivity contribution in [1.82, 2.24) is 0 Å². The van der Waals surface area contributed by atoms with E-state index in [0.717, 1.165) is 0 Å². The zero-order valence-corrected chi connectivity index (χ0v) is 9.77. The van der Waals surface area contributed by atoms with Crippen LogP contribution in [0, 0.1) is 0 Å². The van der Waals surface area contributed by atoms with Gasteiger partial charge in [-0.1, -0.05) is 18.2 Å². The summed E-state index contributed by atoms with van der Waals surface area (Å²) in [7, 11) is 0. The number of hydrogen-bond acceptors (Lipinski definition) is 4. The molecule has 0 aliphatic rings. The van der Waals surface area contributed by atoms with Crippen LogP contribution in [-0.4, -0.2) is 23.5 Å². The SMILES string of the molecule is CCOC(=O)/C(=C/c1ccccc1O)C(C)=O. The molecule has 0 bridgehead atoms. The molecule has 0 saturated heterocycles. The van der Waals surface area contributed by atoms with Gasteiger partial charge in [0.25, 0.3) is 0 Å². The van der Waals surface area contributed by atoms with E-state index in [9.17, 15) is 14.7 Å². The molecule has 0 heterocycles. The van der Waals surface area contributed by atoms with Gasteiger partial charge in [0.05, 0.1) is 6.61 Å². The van der Waals surface area contributed by atoms with Gasteiger partial charge in [-0.25, -0.2) is 4.79 Å². The third kappa shape index (κ3) is 3.45. The van der Waals surface area contributed by atoms with Crippen LogP contribution in [0.5, 0.6) is 5.75 Å². The molecule has 0 unspecified atom stereocenters. The molecule has 90 valence electrons. The minimum absolute atomic E-state index is 0.00977. The molecule has 0 aromatic heterocycles. The van der Waals surface area contributed by atoms with Crippen molar-refractivity contribution in [3.8, 4) is 5.75 Å². The largest absolute Gasteiger partial charge is 0.507 e. The van der Waals surface area contributed by atoms with E-state index in [1.807, 2.05) is 0 Å². The van der Waals surface area contributed by atoms with Gasteiger partial charge in [0.15, 0.2) is 5.78 Å². The Kier molecular flexibility index (Phi) is 4.46. The second kappa shape index (κ2) is 5.84. The van der Waals surface area contributed by atoms with E-state index in [-0.39, 0.29) is 17.9 Å². The highest BCUT2D eigenvalue weighted by Crippen LogP contribution is 2.19. The van der Waals surface area contributed by atoms with Gasteiger partial charge in [0, 0.05) is 5.56 Å². The summed E-state index contributed by atoms with van der Waals surface area (Å²) in [5, 5.41) is 9.54. The zero-order chi connectivity index (χ0) is 12.8. The summed E-state index contributed by atoms with van der Waals surface area (Å²) in [4.78, 5) is 22.8. The van der Waals surface area contributed by atoms with Gasteiger partial charge >= 0.3 is 5.97 Å². The first kappa shape index (κ1) is 13.0. The molecule has 1 rings (SSSR count). The first-order valence-electron chi connectivity index (χ1n) is 5.24. The molecule has 0 spiro atoms. The van der Waals surface area contributed by atoms with Gasteiger partial charge in [-0.05, 0) is 26.0 Å². The summed E-state index contributed by atoms with van der Waals surface area (Å²) in [5.41, 5.74) is 0.333. The lowest BCUT2D eigenvalue weighted by Gasteiger charge is -2.04. The Morgan fingerprint density at radius 1 is 1.35 bits per heavy atom. The van der Waals surface area contributed by atoms with Crippen molar-refractivity contribution >= 4 is 17.8 Å². The van der Waals surface area contributed by atoms with E-state index in [1.165, 1.54) is 19.1 Å². The summed E-state index contributed by atoms with van der Waals surface area (Å²) in [6.45, 7) is 3.14. The van der Waals surface area contributed by atoms with Crippen molar-refractivity contribution in [1.29, 1.82) is 0 Å². The average Bonchev–Trinajstić information content (AvgIpc) is 2.27. The molecule has 0 radical (unpaired) electrons. The van der Waals surface area contributed by atoms with E-state index in [4.69, 9.17) is 4.74 Å². The van der Waals surface area contributed by atoms with Crippen LogP contribution in [0.2, 0.25) is 0 Å². The number of hydrogen-bond donors (Lipinski definition) is 1. The van der Waals surface area contributed by atoms with Crippen LogP contribution in [0.15, 0.2) is 29.8 Å². The van der Waals surface area contributed by atoms with Gasteiger partial charge in [-0.2, -0.15) is 0 Å². The lowest BCUT2D eigenvalue weighted by Crippen LogP contribution is -2.13. The highest BCUT2D eigenvalue weighted by Gasteiger charge is 2.16. The number of carbonyl (C=O) groups is 2. The fraction of sp³-hybridized carbons (Fsp3) is 0.231. The Labute approximate surface area is 99.5 Å². The van der Waals surface area contributed by atoms with Crippen molar-refractivity contribution < 1.29 is 19.4 Å². The Morgan fingerprint density at radius 2 is 2.00 bits per heavy atom. The van der Waals surface area contributed by atoms with E-state index in [0.29, 0.717) is 5.56 Å². The van der Waals surface area contributed by atoms with Crippen molar-refractivity contribution in [2.24, 2.45) is 0 Å². The number of carbonyl (C=O) groups excluding carboxylic acids is 2. The number of phenols is 1. The highest BCUT2D eigenvalue weighted by atomic mass is 16.5. The maximum Gasteiger partial charge on any atom is 0.341 e. The minimum Gasteiger partial charge on any atom is -0.507 e. The Morgan fingerprint density at radius 3 is 2.53 bits per heavy atom. The minimum atomic E-state index is -0.678. The molecule has 0 aliphatic carbocycles. The molecule has 0 saturated carbocycles. The summed E-state index contributed by atoms with van der Waals surface area (Å²) < 4.78 is 4.77. The molecule has 0 aliphatic heterocycles. The fourth-order valence-electron chi connectivity index (χ4n) is 1.28. The quantitative estimate of drug-likeness (QED) is 0.374. The molecule has 0 atom stereocenters. The van der Waals surface area contributed by atoms with E-state index in [1.54, 1.807) is 25.1 Å². The van der Waals surface area contributed by atoms with Crippen LogP contribution in [-0.2, 0) is 14.3 Å². The van der Waals surface area contributed by atoms with Gasteiger partial charge in [0.1, 0.15) is 11.3 Å². The number of rotatable bonds is 4. The number of ether oxygens (including phenoxy) is 1. The topological polar surface area (TPSA) is 63.6 Å². The number of benzene rings is 1. The molecular weight excluding hydrogens is 220 g/mol. The van der Waals surface area contributed by atoms with E-state index in [2.05, 4.69) is 0 Å². The maximum atomic E-state index is 11.5. The van der Waals surface area contributed by atoms with Gasteiger partial charge in [-0.3, -0.25) is 4.79 Å². The molecule has 1 aromatic rings. The van der Waals surface area contributed by atoms with Crippen LogP contribution in [0.4, 0.5) is 0 Å². The van der Waals surface area contributed by atoms with Crippen molar-refractivity contribution in [2.75, 3.05) is 6.61 Å². The molecule has 17 heavy (non-hydrogen) atoms. The van der Waals surface area contributed by atoms with Crippen LogP contribution < -0.4 is 0 Å². The number of aromatic hydroxyl groups is 1. The normalized spacial score (nSPS) is 11.1. The third-order valence-electron chi connectivity index (χ3n) is 2.11. The van der Waals surface area contributed by atoms with E-state index < -0.39 is 11.8 Å². The highest BCUT2D eigenvalue weighted by molar-refractivity contribution is 6.19. The van der Waals surface area contributed by atoms with Crippen molar-refractivity contribution in [2.45, 2.75) is 13.8 Å². The molecule has 1 N–H and O–H groups in total. The molecule has 0 amide bonds. The van der Waals surface area contributed by atoms with Gasteiger partial charge in [-0.15, -0.1) is 0 Å². The van der Waals surface area contributed by atoms with Crippen LogP contribution >= 0.6 is 0 Å². The second-order valence-electron chi connectivity index (χ2n) is 3.39. The number of esters is 1. The standard InChI is InChI=1S/C13H14O4/c1-3-17-13(16)11(9(2)14)8-10-6-4-5-7-12(10)15/h4-8,15H,3H2,1-2H3/b11-8+. The Bertz CT molecular complexity index is 460. The van der Waals surface area contributed by atoms with Gasteiger partial charge < -0.3 is 9.84 Å². The molecule has 4 heteroatoms. The van der Waals surface area contributed by atoms with Crippen LogP contribution in [0.25, 0.3) is 6.08 Å². The predicted molar refractivity (Wildman–Crippen MR) is 63.4 cm³/mol. The Hall–Kier alpha value is -2.10. The van der Waals surface area contributed by atoms with Crippen LogP contribution in [0.1, 0.15) is 19.4 Å². The number of phenolic OH excluding ortho intramolecular Hbond substituents is 1. The first-order chi connectivity index (χ1) is 8.06. The summed E-state index contributed by atoms with van der Waals surface area (Å²) in [6.07, 6.45) is 1.33. The maximum absolute atomic E-state index is 11.5. The number of Topliss-reactive ketones (excluding diaryl/α,β-unsaturated/α-hetero) is 1. The van der Waals surface area contributed by atoms with Crippen LogP contribution in [0.3, 0.4) is 0 Å². The number of para-hydroxylation sites is 1. The summed E-state index contributed by atoms with van der Waals surface area (Å²) in [6, 6.07) is 6.45. The summed E-state index contributed by atoms with van der Waals surface area (Å²) >= 11 is 0. The predicted octanol–water partition coefficient (Wildman–Crippen LogP) is 1.93. The lowest BCUT2D eigenvalue weighted by molar-refractivity contribution is -0.139.